The third kappa shape index (κ3) is 3.84. The molecule has 0 spiro atoms. The summed E-state index contributed by atoms with van der Waals surface area (Å²) in [5, 5.41) is 21.0. The van der Waals surface area contributed by atoms with Crippen molar-refractivity contribution < 1.29 is 14.6 Å². The average Bonchev–Trinajstić information content (AvgIpc) is 3.15. The van der Waals surface area contributed by atoms with Crippen molar-refractivity contribution in [1.82, 2.24) is 15.6 Å². The van der Waals surface area contributed by atoms with Gasteiger partial charge in [-0.25, -0.2) is 5.43 Å². The maximum Gasteiger partial charge on any atom is 0.289 e. The number of aromatic nitrogens is 2. The summed E-state index contributed by atoms with van der Waals surface area (Å²) in [6, 6.07) is 14.1. The predicted octanol–water partition coefficient (Wildman–Crippen LogP) is 3.21. The molecule has 0 bridgehead atoms. The third-order valence-corrected chi connectivity index (χ3v) is 3.77. The molecule has 0 atom stereocenters. The number of ether oxygens (including phenoxy) is 1. The van der Waals surface area contributed by atoms with Gasteiger partial charge in [-0.15, -0.1) is 0 Å². The number of hydrazone groups is 1. The highest BCUT2D eigenvalue weighted by atomic mass is 35.5. The van der Waals surface area contributed by atoms with Gasteiger partial charge >= 0.3 is 0 Å². The second-order valence-corrected chi connectivity index (χ2v) is 5.71. The molecule has 3 rings (SSSR count). The molecule has 0 saturated heterocycles. The lowest BCUT2D eigenvalue weighted by Crippen LogP contribution is -2.18. The first kappa shape index (κ1) is 17.5. The van der Waals surface area contributed by atoms with E-state index in [-0.39, 0.29) is 17.2 Å². The van der Waals surface area contributed by atoms with Crippen LogP contribution in [0.1, 0.15) is 16.1 Å². The van der Waals surface area contributed by atoms with Gasteiger partial charge in [-0.2, -0.15) is 10.2 Å². The Morgan fingerprint density at radius 3 is 2.81 bits per heavy atom. The number of H-pyrrole nitrogens is 1. The number of amides is 1. The summed E-state index contributed by atoms with van der Waals surface area (Å²) in [5.74, 6) is -0.376. The Kier molecular flexibility index (Phi) is 5.19. The lowest BCUT2D eigenvalue weighted by Gasteiger charge is -2.06. The first-order valence-electron chi connectivity index (χ1n) is 7.59. The van der Waals surface area contributed by atoms with Crippen molar-refractivity contribution in [2.24, 2.45) is 5.10 Å². The molecule has 0 unspecified atom stereocenters. The number of hydrogen-bond donors (Lipinski definition) is 3. The lowest BCUT2D eigenvalue weighted by atomic mass is 10.1. The van der Waals surface area contributed by atoms with E-state index in [9.17, 15) is 9.90 Å². The molecule has 8 heteroatoms. The summed E-state index contributed by atoms with van der Waals surface area (Å²) >= 11 is 5.95. The molecule has 1 aromatic heterocycles. The van der Waals surface area contributed by atoms with Gasteiger partial charge in [0, 0.05) is 22.2 Å². The second kappa shape index (κ2) is 7.71. The molecule has 0 aliphatic heterocycles. The van der Waals surface area contributed by atoms with E-state index in [1.54, 1.807) is 6.07 Å². The standard InChI is InChI=1S/C18H15ClN4O3/c1-26-16-8-13(19)7-12(17(16)24)10-20-23-18(25)15-9-14(21-22-15)11-5-3-2-4-6-11/h2-10,24H,1H3,(H,21,22)(H,23,25)/b20-10-. The number of halogens is 1. The van der Waals surface area contributed by atoms with Gasteiger partial charge in [0.2, 0.25) is 0 Å². The molecule has 7 nitrogen and oxygen atoms in total. The van der Waals surface area contributed by atoms with Crippen LogP contribution in [0.2, 0.25) is 5.02 Å². The van der Waals surface area contributed by atoms with Crippen molar-refractivity contribution in [1.29, 1.82) is 0 Å². The first-order chi connectivity index (χ1) is 12.6. The van der Waals surface area contributed by atoms with E-state index in [0.717, 1.165) is 5.56 Å². The smallest absolute Gasteiger partial charge is 0.289 e. The van der Waals surface area contributed by atoms with Crippen LogP contribution in [0.3, 0.4) is 0 Å². The van der Waals surface area contributed by atoms with E-state index in [1.165, 1.54) is 25.5 Å². The number of carbonyl (C=O) groups is 1. The topological polar surface area (TPSA) is 99.6 Å². The summed E-state index contributed by atoms with van der Waals surface area (Å²) in [7, 11) is 1.41. The fourth-order valence-corrected chi connectivity index (χ4v) is 2.48. The van der Waals surface area contributed by atoms with Gasteiger partial charge < -0.3 is 9.84 Å². The number of phenols is 1. The van der Waals surface area contributed by atoms with Crippen LogP contribution in [0.15, 0.2) is 53.6 Å². The Morgan fingerprint density at radius 1 is 1.31 bits per heavy atom. The maximum atomic E-state index is 12.1. The Labute approximate surface area is 154 Å². The van der Waals surface area contributed by atoms with E-state index in [0.29, 0.717) is 16.3 Å². The summed E-state index contributed by atoms with van der Waals surface area (Å²) in [6.07, 6.45) is 1.27. The summed E-state index contributed by atoms with van der Waals surface area (Å²) in [6.45, 7) is 0. The summed E-state index contributed by atoms with van der Waals surface area (Å²) in [5.41, 5.74) is 4.47. The van der Waals surface area contributed by atoms with Gasteiger partial charge in [-0.3, -0.25) is 9.89 Å². The number of nitrogens with one attached hydrogen (secondary N) is 2. The molecule has 0 saturated carbocycles. The van der Waals surface area contributed by atoms with Crippen molar-refractivity contribution in [2.75, 3.05) is 7.11 Å². The molecule has 0 aliphatic rings. The van der Waals surface area contributed by atoms with E-state index in [2.05, 4.69) is 20.7 Å². The number of methoxy groups -OCH3 is 1. The number of carbonyl (C=O) groups excluding carboxylic acids is 1. The Balaban J connectivity index is 1.71. The van der Waals surface area contributed by atoms with Crippen molar-refractivity contribution in [3.8, 4) is 22.8 Å². The quantitative estimate of drug-likeness (QED) is 0.474. The van der Waals surface area contributed by atoms with Gasteiger partial charge in [0.05, 0.1) is 19.0 Å². The fraction of sp³-hybridized carbons (Fsp3) is 0.0556. The molecule has 0 radical (unpaired) electrons. The van der Waals surface area contributed by atoms with E-state index in [1.807, 2.05) is 30.3 Å². The molecule has 26 heavy (non-hydrogen) atoms. The van der Waals surface area contributed by atoms with E-state index < -0.39 is 5.91 Å². The zero-order valence-corrected chi connectivity index (χ0v) is 14.5. The van der Waals surface area contributed by atoms with Crippen LogP contribution in [0, 0.1) is 0 Å². The van der Waals surface area contributed by atoms with Crippen LogP contribution in [0.4, 0.5) is 0 Å². The highest BCUT2D eigenvalue weighted by Gasteiger charge is 2.11. The molecular formula is C18H15ClN4O3. The number of aromatic hydroxyl groups is 1. The minimum Gasteiger partial charge on any atom is -0.504 e. The van der Waals surface area contributed by atoms with E-state index in [4.69, 9.17) is 16.3 Å². The Morgan fingerprint density at radius 2 is 2.08 bits per heavy atom. The zero-order valence-electron chi connectivity index (χ0n) is 13.7. The number of benzene rings is 2. The number of hydrogen-bond acceptors (Lipinski definition) is 5. The molecule has 0 aliphatic carbocycles. The Bertz CT molecular complexity index is 954. The molecule has 2 aromatic carbocycles. The lowest BCUT2D eigenvalue weighted by molar-refractivity contribution is 0.0950. The first-order valence-corrected chi connectivity index (χ1v) is 7.97. The molecule has 132 valence electrons. The number of rotatable bonds is 5. The van der Waals surface area contributed by atoms with Crippen LogP contribution < -0.4 is 10.2 Å². The van der Waals surface area contributed by atoms with Crippen LogP contribution in [0.25, 0.3) is 11.3 Å². The van der Waals surface area contributed by atoms with E-state index >= 15 is 0 Å². The molecule has 3 aromatic rings. The predicted molar refractivity (Wildman–Crippen MR) is 98.8 cm³/mol. The average molecular weight is 371 g/mol. The normalized spacial score (nSPS) is 10.8. The van der Waals surface area contributed by atoms with Crippen molar-refractivity contribution in [3.05, 3.63) is 64.8 Å². The highest BCUT2D eigenvalue weighted by Crippen LogP contribution is 2.32. The highest BCUT2D eigenvalue weighted by molar-refractivity contribution is 6.31. The maximum absolute atomic E-state index is 12.1. The summed E-state index contributed by atoms with van der Waals surface area (Å²) in [4.78, 5) is 12.1. The largest absolute Gasteiger partial charge is 0.504 e. The van der Waals surface area contributed by atoms with Gasteiger partial charge in [-0.05, 0) is 12.1 Å². The monoisotopic (exact) mass is 370 g/mol. The molecule has 1 amide bonds. The second-order valence-electron chi connectivity index (χ2n) is 5.28. The number of nitrogens with zero attached hydrogens (tertiary/aromatic N) is 2. The third-order valence-electron chi connectivity index (χ3n) is 3.55. The van der Waals surface area contributed by atoms with Crippen LogP contribution >= 0.6 is 11.6 Å². The minimum absolute atomic E-state index is 0.122. The van der Waals surface area contributed by atoms with Crippen LogP contribution in [-0.4, -0.2) is 34.5 Å². The molecular weight excluding hydrogens is 356 g/mol. The van der Waals surface area contributed by atoms with Gasteiger partial charge in [0.1, 0.15) is 5.69 Å². The van der Waals surface area contributed by atoms with Crippen LogP contribution in [0.5, 0.6) is 11.5 Å². The molecule has 1 heterocycles. The molecule has 3 N–H and O–H groups in total. The van der Waals surface area contributed by atoms with Gasteiger partial charge in [-0.1, -0.05) is 41.9 Å². The van der Waals surface area contributed by atoms with Crippen molar-refractivity contribution >= 4 is 23.7 Å². The van der Waals surface area contributed by atoms with Gasteiger partial charge in [0.15, 0.2) is 11.5 Å². The minimum atomic E-state index is -0.468. The fourth-order valence-electron chi connectivity index (χ4n) is 2.26. The molecule has 0 fully saturated rings. The van der Waals surface area contributed by atoms with Gasteiger partial charge in [0.25, 0.3) is 5.91 Å². The zero-order chi connectivity index (χ0) is 18.5. The van der Waals surface area contributed by atoms with Crippen LogP contribution in [-0.2, 0) is 0 Å². The number of aromatic amines is 1. The Hall–Kier alpha value is -3.32. The van der Waals surface area contributed by atoms with Crippen molar-refractivity contribution in [2.45, 2.75) is 0 Å². The SMILES string of the molecule is COc1cc(Cl)cc(/C=N\NC(=O)c2cc(-c3ccccc3)n[nH]2)c1O. The van der Waals surface area contributed by atoms with Crippen molar-refractivity contribution in [3.63, 3.8) is 0 Å². The summed E-state index contributed by atoms with van der Waals surface area (Å²) < 4.78 is 5.01. The number of phenolic OH excluding ortho intramolecular Hbond substituents is 1.